The summed E-state index contributed by atoms with van der Waals surface area (Å²) in [4.78, 5) is 11.4. The Kier molecular flexibility index (Phi) is 4.69. The largest absolute Gasteiger partial charge is 0.486 e. The van der Waals surface area contributed by atoms with Gasteiger partial charge in [0.15, 0.2) is 11.5 Å². The van der Waals surface area contributed by atoms with Crippen LogP contribution in [0.3, 0.4) is 0 Å². The lowest BCUT2D eigenvalue weighted by atomic mass is 10.3. The number of benzene rings is 1. The molecule has 1 aliphatic rings. The maximum atomic E-state index is 12.5. The second kappa shape index (κ2) is 6.31. The van der Waals surface area contributed by atoms with E-state index in [2.05, 4.69) is 4.74 Å². The lowest BCUT2D eigenvalue weighted by Gasteiger charge is -2.22. The number of methoxy groups -OCH3 is 1. The van der Waals surface area contributed by atoms with E-state index < -0.39 is 16.0 Å². The maximum Gasteiger partial charge on any atom is 0.321 e. The number of hydrogen-bond acceptors (Lipinski definition) is 6. The molecule has 1 aliphatic heterocycles. The third-order valence-corrected chi connectivity index (χ3v) is 4.95. The number of fused-ring (bicyclic) bond motifs is 1. The molecule has 2 rings (SSSR count). The molecule has 0 saturated carbocycles. The van der Waals surface area contributed by atoms with Gasteiger partial charge in [0.05, 0.1) is 12.0 Å². The summed E-state index contributed by atoms with van der Waals surface area (Å²) >= 11 is 0. The first-order valence-electron chi connectivity index (χ1n) is 6.45. The predicted molar refractivity (Wildman–Crippen MR) is 73.9 cm³/mol. The lowest BCUT2D eigenvalue weighted by molar-refractivity contribution is -0.140. The standard InChI is InChI=1S/C13H17NO6S/c1-3-14(9-13(15)18-2)21(16,17)10-4-5-11-12(8-10)20-7-6-19-11/h4-5,8H,3,6-7,9H2,1-2H3. The highest BCUT2D eigenvalue weighted by Crippen LogP contribution is 2.33. The van der Waals surface area contributed by atoms with Gasteiger partial charge < -0.3 is 14.2 Å². The smallest absolute Gasteiger partial charge is 0.321 e. The highest BCUT2D eigenvalue weighted by Gasteiger charge is 2.27. The Morgan fingerprint density at radius 3 is 2.57 bits per heavy atom. The van der Waals surface area contributed by atoms with Crippen LogP contribution >= 0.6 is 0 Å². The Morgan fingerprint density at radius 2 is 1.95 bits per heavy atom. The molecule has 0 bridgehead atoms. The van der Waals surface area contributed by atoms with E-state index >= 15 is 0 Å². The first-order chi connectivity index (χ1) is 9.98. The predicted octanol–water partition coefficient (Wildman–Crippen LogP) is 0.641. The SMILES string of the molecule is CCN(CC(=O)OC)S(=O)(=O)c1ccc2c(c1)OCCO2. The van der Waals surface area contributed by atoms with Crippen molar-refractivity contribution >= 4 is 16.0 Å². The van der Waals surface area contributed by atoms with Crippen LogP contribution in [0.2, 0.25) is 0 Å². The van der Waals surface area contributed by atoms with Crippen molar-refractivity contribution in [3.05, 3.63) is 18.2 Å². The molecule has 0 spiro atoms. The first kappa shape index (κ1) is 15.6. The number of sulfonamides is 1. The quantitative estimate of drug-likeness (QED) is 0.742. The molecule has 116 valence electrons. The Bertz CT molecular complexity index is 628. The van der Waals surface area contributed by atoms with Crippen LogP contribution in [-0.4, -0.2) is 52.1 Å². The van der Waals surface area contributed by atoms with Crippen LogP contribution in [-0.2, 0) is 19.6 Å². The number of likely N-dealkylation sites (N-methyl/N-ethyl adjacent to an activating group) is 1. The molecule has 7 nitrogen and oxygen atoms in total. The van der Waals surface area contributed by atoms with Crippen molar-refractivity contribution in [3.63, 3.8) is 0 Å². The molecule has 0 saturated heterocycles. The van der Waals surface area contributed by atoms with E-state index in [1.807, 2.05) is 0 Å². The van der Waals surface area contributed by atoms with Crippen molar-refractivity contribution in [1.82, 2.24) is 4.31 Å². The fourth-order valence-electron chi connectivity index (χ4n) is 1.91. The zero-order valence-corrected chi connectivity index (χ0v) is 12.7. The highest BCUT2D eigenvalue weighted by atomic mass is 32.2. The summed E-state index contributed by atoms with van der Waals surface area (Å²) in [6.07, 6.45) is 0. The van der Waals surface area contributed by atoms with Crippen LogP contribution < -0.4 is 9.47 Å². The molecule has 8 heteroatoms. The molecule has 0 amide bonds. The highest BCUT2D eigenvalue weighted by molar-refractivity contribution is 7.89. The van der Waals surface area contributed by atoms with Crippen LogP contribution in [0, 0.1) is 0 Å². The molecule has 0 aromatic heterocycles. The van der Waals surface area contributed by atoms with Crippen LogP contribution in [0.15, 0.2) is 23.1 Å². The van der Waals surface area contributed by atoms with E-state index in [4.69, 9.17) is 9.47 Å². The zero-order valence-electron chi connectivity index (χ0n) is 11.9. The van der Waals surface area contributed by atoms with Crippen LogP contribution in [0.1, 0.15) is 6.92 Å². The number of nitrogens with zero attached hydrogens (tertiary/aromatic N) is 1. The van der Waals surface area contributed by atoms with E-state index in [-0.39, 0.29) is 18.0 Å². The van der Waals surface area contributed by atoms with E-state index in [9.17, 15) is 13.2 Å². The molecule has 0 aliphatic carbocycles. The van der Waals surface area contributed by atoms with E-state index in [0.29, 0.717) is 24.7 Å². The minimum absolute atomic E-state index is 0.0532. The van der Waals surface area contributed by atoms with E-state index in [1.54, 1.807) is 13.0 Å². The lowest BCUT2D eigenvalue weighted by Crippen LogP contribution is -2.36. The van der Waals surface area contributed by atoms with Crippen LogP contribution in [0.25, 0.3) is 0 Å². The molecular formula is C13H17NO6S. The van der Waals surface area contributed by atoms with Crippen molar-refractivity contribution in [3.8, 4) is 11.5 Å². The topological polar surface area (TPSA) is 82.1 Å². The maximum absolute atomic E-state index is 12.5. The van der Waals surface area contributed by atoms with Crippen LogP contribution in [0.5, 0.6) is 11.5 Å². The van der Waals surface area contributed by atoms with Crippen molar-refractivity contribution < 1.29 is 27.4 Å². The second-order valence-electron chi connectivity index (χ2n) is 4.31. The minimum Gasteiger partial charge on any atom is -0.486 e. The number of esters is 1. The Hall–Kier alpha value is -1.80. The Labute approximate surface area is 123 Å². The summed E-state index contributed by atoms with van der Waals surface area (Å²) in [5, 5.41) is 0. The first-order valence-corrected chi connectivity index (χ1v) is 7.89. The number of hydrogen-bond donors (Lipinski definition) is 0. The fraction of sp³-hybridized carbons (Fsp3) is 0.462. The molecule has 0 fully saturated rings. The van der Waals surface area contributed by atoms with Gasteiger partial charge >= 0.3 is 5.97 Å². The average molecular weight is 315 g/mol. The van der Waals surface area contributed by atoms with Gasteiger partial charge in [-0.15, -0.1) is 0 Å². The van der Waals surface area contributed by atoms with Gasteiger partial charge in [-0.05, 0) is 12.1 Å². The van der Waals surface area contributed by atoms with Gasteiger partial charge in [-0.25, -0.2) is 8.42 Å². The minimum atomic E-state index is -3.79. The normalized spacial score (nSPS) is 14.0. The third-order valence-electron chi connectivity index (χ3n) is 3.04. The monoisotopic (exact) mass is 315 g/mol. The number of rotatable bonds is 5. The molecule has 0 radical (unpaired) electrons. The van der Waals surface area contributed by atoms with Gasteiger partial charge in [-0.1, -0.05) is 6.92 Å². The molecular weight excluding hydrogens is 298 g/mol. The van der Waals surface area contributed by atoms with Crippen molar-refractivity contribution in [2.75, 3.05) is 33.4 Å². The molecule has 0 atom stereocenters. The van der Waals surface area contributed by atoms with Crippen LogP contribution in [0.4, 0.5) is 0 Å². The van der Waals surface area contributed by atoms with Gasteiger partial charge in [0, 0.05) is 12.6 Å². The van der Waals surface area contributed by atoms with E-state index in [0.717, 1.165) is 4.31 Å². The molecule has 21 heavy (non-hydrogen) atoms. The Morgan fingerprint density at radius 1 is 1.29 bits per heavy atom. The second-order valence-corrected chi connectivity index (χ2v) is 6.25. The van der Waals surface area contributed by atoms with Crippen molar-refractivity contribution in [2.24, 2.45) is 0 Å². The molecule has 1 aromatic rings. The van der Waals surface area contributed by atoms with Crippen molar-refractivity contribution in [2.45, 2.75) is 11.8 Å². The fourth-order valence-corrected chi connectivity index (χ4v) is 3.32. The van der Waals surface area contributed by atoms with Gasteiger partial charge in [-0.3, -0.25) is 4.79 Å². The van der Waals surface area contributed by atoms with Crippen molar-refractivity contribution in [1.29, 1.82) is 0 Å². The molecule has 1 aromatic carbocycles. The summed E-state index contributed by atoms with van der Waals surface area (Å²) in [6, 6.07) is 4.39. The number of ether oxygens (including phenoxy) is 3. The van der Waals surface area contributed by atoms with Gasteiger partial charge in [0.25, 0.3) is 0 Å². The summed E-state index contributed by atoms with van der Waals surface area (Å²) < 4.78 is 41.3. The molecule has 0 unspecified atom stereocenters. The average Bonchev–Trinajstić information content (AvgIpc) is 2.51. The van der Waals surface area contributed by atoms with Gasteiger partial charge in [0.1, 0.15) is 19.8 Å². The van der Waals surface area contributed by atoms with Gasteiger partial charge in [-0.2, -0.15) is 4.31 Å². The summed E-state index contributed by atoms with van der Waals surface area (Å²) in [7, 11) is -2.58. The third kappa shape index (κ3) is 3.27. The molecule has 1 heterocycles. The Balaban J connectivity index is 2.31. The van der Waals surface area contributed by atoms with E-state index in [1.165, 1.54) is 19.2 Å². The number of carbonyl (C=O) groups is 1. The molecule has 0 N–H and O–H groups in total. The zero-order chi connectivity index (χ0) is 15.5. The summed E-state index contributed by atoms with van der Waals surface area (Å²) in [5.41, 5.74) is 0. The summed E-state index contributed by atoms with van der Waals surface area (Å²) in [6.45, 7) is 2.28. The van der Waals surface area contributed by atoms with Gasteiger partial charge in [0.2, 0.25) is 10.0 Å². The number of carbonyl (C=O) groups excluding carboxylic acids is 1. The summed E-state index contributed by atoms with van der Waals surface area (Å²) in [5.74, 6) is 0.283.